The summed E-state index contributed by atoms with van der Waals surface area (Å²) in [6.07, 6.45) is 2.29. The highest BCUT2D eigenvalue weighted by Gasteiger charge is 2.46. The van der Waals surface area contributed by atoms with Gasteiger partial charge in [0, 0.05) is 6.20 Å². The van der Waals surface area contributed by atoms with Gasteiger partial charge in [-0.25, -0.2) is 0 Å². The molecule has 20 heavy (non-hydrogen) atoms. The van der Waals surface area contributed by atoms with Crippen LogP contribution in [0, 0.1) is 0 Å². The van der Waals surface area contributed by atoms with E-state index in [4.69, 9.17) is 0 Å². The van der Waals surface area contributed by atoms with Crippen molar-refractivity contribution in [3.63, 3.8) is 0 Å². The van der Waals surface area contributed by atoms with Gasteiger partial charge in [-0.05, 0) is 39.3 Å². The lowest BCUT2D eigenvalue weighted by Gasteiger charge is -2.45. The molecule has 2 amide bonds. The molecule has 0 aromatic carbocycles. The Kier molecular flexibility index (Phi) is 3.79. The van der Waals surface area contributed by atoms with Gasteiger partial charge in [-0.3, -0.25) is 14.6 Å². The lowest BCUT2D eigenvalue weighted by Crippen LogP contribution is -2.68. The van der Waals surface area contributed by atoms with E-state index in [0.717, 1.165) is 5.69 Å². The Morgan fingerprint density at radius 3 is 2.65 bits per heavy atom. The molecule has 2 atom stereocenters. The van der Waals surface area contributed by atoms with Gasteiger partial charge >= 0.3 is 0 Å². The summed E-state index contributed by atoms with van der Waals surface area (Å²) in [4.78, 5) is 30.8. The van der Waals surface area contributed by atoms with Crippen molar-refractivity contribution < 1.29 is 9.59 Å². The lowest BCUT2D eigenvalue weighted by atomic mass is 9.93. The smallest absolute Gasteiger partial charge is 0.248 e. The summed E-state index contributed by atoms with van der Waals surface area (Å²) in [6, 6.07) is 4.94. The molecule has 1 fully saturated rings. The van der Waals surface area contributed by atoms with Crippen LogP contribution in [-0.2, 0) is 9.59 Å². The van der Waals surface area contributed by atoms with E-state index in [9.17, 15) is 9.59 Å². The Balaban J connectivity index is 2.39. The van der Waals surface area contributed by atoms with E-state index in [1.54, 1.807) is 24.9 Å². The highest BCUT2D eigenvalue weighted by atomic mass is 16.2. The van der Waals surface area contributed by atoms with Crippen molar-refractivity contribution in [2.24, 2.45) is 0 Å². The highest BCUT2D eigenvalue weighted by Crippen LogP contribution is 2.29. The molecule has 0 aliphatic carbocycles. The maximum atomic E-state index is 12.7. The van der Waals surface area contributed by atoms with Crippen LogP contribution in [0.15, 0.2) is 24.4 Å². The molecule has 108 valence electrons. The number of hydrogen-bond acceptors (Lipinski definition) is 3. The zero-order valence-corrected chi connectivity index (χ0v) is 12.4. The number of nitrogens with zero attached hydrogens (tertiary/aromatic N) is 2. The van der Waals surface area contributed by atoms with Crippen molar-refractivity contribution in [1.29, 1.82) is 0 Å². The van der Waals surface area contributed by atoms with Crippen LogP contribution in [0.2, 0.25) is 0 Å². The minimum absolute atomic E-state index is 0.0675. The summed E-state index contributed by atoms with van der Waals surface area (Å²) >= 11 is 0. The number of piperazine rings is 1. The predicted octanol–water partition coefficient (Wildman–Crippen LogP) is 1.66. The number of amides is 2. The number of hydrogen-bond donors (Lipinski definition) is 1. The van der Waals surface area contributed by atoms with Gasteiger partial charge in [-0.1, -0.05) is 13.0 Å². The van der Waals surface area contributed by atoms with Gasteiger partial charge in [0.05, 0.1) is 11.7 Å². The van der Waals surface area contributed by atoms with E-state index in [-0.39, 0.29) is 17.9 Å². The molecule has 1 aliphatic rings. The van der Waals surface area contributed by atoms with Crippen LogP contribution < -0.4 is 5.32 Å². The van der Waals surface area contributed by atoms with E-state index in [2.05, 4.69) is 10.3 Å². The Morgan fingerprint density at radius 1 is 1.40 bits per heavy atom. The lowest BCUT2D eigenvalue weighted by molar-refractivity contribution is -0.156. The molecular formula is C15H21N3O2. The van der Waals surface area contributed by atoms with Crippen molar-refractivity contribution in [1.82, 2.24) is 15.2 Å². The number of pyridine rings is 1. The third-order valence-corrected chi connectivity index (χ3v) is 3.76. The SMILES string of the molecule is CCC1C(=O)NC(C)(C)C(=O)N1C(C)c1ccccn1. The van der Waals surface area contributed by atoms with E-state index in [0.29, 0.717) is 6.42 Å². The van der Waals surface area contributed by atoms with Gasteiger partial charge in [0.25, 0.3) is 0 Å². The van der Waals surface area contributed by atoms with Crippen LogP contribution in [0.1, 0.15) is 45.9 Å². The number of carbonyl (C=O) groups is 2. The van der Waals surface area contributed by atoms with Crippen molar-refractivity contribution >= 4 is 11.8 Å². The first-order chi connectivity index (χ1) is 9.38. The maximum Gasteiger partial charge on any atom is 0.248 e. The molecule has 2 unspecified atom stereocenters. The molecular weight excluding hydrogens is 254 g/mol. The van der Waals surface area contributed by atoms with Crippen molar-refractivity contribution in [2.45, 2.75) is 51.7 Å². The zero-order valence-electron chi connectivity index (χ0n) is 12.4. The van der Waals surface area contributed by atoms with Crippen LogP contribution in [0.4, 0.5) is 0 Å². The largest absolute Gasteiger partial charge is 0.340 e. The maximum absolute atomic E-state index is 12.7. The third-order valence-electron chi connectivity index (χ3n) is 3.76. The van der Waals surface area contributed by atoms with Crippen molar-refractivity contribution in [2.75, 3.05) is 0 Å². The van der Waals surface area contributed by atoms with Crippen LogP contribution in [0.3, 0.4) is 0 Å². The van der Waals surface area contributed by atoms with Crippen LogP contribution in [0.25, 0.3) is 0 Å². The van der Waals surface area contributed by atoms with Crippen LogP contribution in [0.5, 0.6) is 0 Å². The normalized spacial score (nSPS) is 23.4. The van der Waals surface area contributed by atoms with Gasteiger partial charge in [-0.15, -0.1) is 0 Å². The Labute approximate surface area is 119 Å². The minimum atomic E-state index is -0.869. The molecule has 1 saturated heterocycles. The van der Waals surface area contributed by atoms with Gasteiger partial charge in [0.15, 0.2) is 0 Å². The van der Waals surface area contributed by atoms with Crippen LogP contribution in [-0.4, -0.2) is 33.3 Å². The van der Waals surface area contributed by atoms with Crippen molar-refractivity contribution in [3.8, 4) is 0 Å². The molecule has 5 heteroatoms. The molecule has 0 saturated carbocycles. The van der Waals surface area contributed by atoms with Gasteiger partial charge < -0.3 is 10.2 Å². The summed E-state index contributed by atoms with van der Waals surface area (Å²) in [5, 5.41) is 2.79. The van der Waals surface area contributed by atoms with E-state index in [1.807, 2.05) is 32.0 Å². The Morgan fingerprint density at radius 2 is 2.10 bits per heavy atom. The fraction of sp³-hybridized carbons (Fsp3) is 0.533. The average Bonchev–Trinajstić information content (AvgIpc) is 2.42. The first-order valence-electron chi connectivity index (χ1n) is 6.94. The number of aromatic nitrogens is 1. The first kappa shape index (κ1) is 14.5. The molecule has 1 aromatic heterocycles. The molecule has 0 radical (unpaired) electrons. The summed E-state index contributed by atoms with van der Waals surface area (Å²) in [5.41, 5.74) is -0.0731. The number of carbonyl (C=O) groups excluding carboxylic acids is 2. The highest BCUT2D eigenvalue weighted by molar-refractivity contribution is 5.99. The van der Waals surface area contributed by atoms with Crippen LogP contribution >= 0.6 is 0 Å². The molecule has 1 aromatic rings. The second-order valence-corrected chi connectivity index (χ2v) is 5.68. The molecule has 0 bridgehead atoms. The molecule has 0 spiro atoms. The fourth-order valence-corrected chi connectivity index (χ4v) is 2.63. The molecule has 2 rings (SSSR count). The molecule has 5 nitrogen and oxygen atoms in total. The van der Waals surface area contributed by atoms with E-state index in [1.165, 1.54) is 0 Å². The second-order valence-electron chi connectivity index (χ2n) is 5.68. The topological polar surface area (TPSA) is 62.3 Å². The zero-order chi connectivity index (χ0) is 14.9. The number of nitrogens with one attached hydrogen (secondary N) is 1. The van der Waals surface area contributed by atoms with Gasteiger partial charge in [0.1, 0.15) is 11.6 Å². The number of rotatable bonds is 3. The quantitative estimate of drug-likeness (QED) is 0.912. The average molecular weight is 275 g/mol. The fourth-order valence-electron chi connectivity index (χ4n) is 2.63. The Bertz CT molecular complexity index is 513. The summed E-state index contributed by atoms with van der Waals surface area (Å²) in [6.45, 7) is 7.29. The standard InChI is InChI=1S/C15H21N3O2/c1-5-12-13(19)17-15(3,4)14(20)18(12)10(2)11-8-6-7-9-16-11/h6-10,12H,5H2,1-4H3,(H,17,19). The minimum Gasteiger partial charge on any atom is -0.340 e. The third kappa shape index (κ3) is 2.40. The summed E-state index contributed by atoms with van der Waals surface area (Å²) in [7, 11) is 0. The van der Waals surface area contributed by atoms with Gasteiger partial charge in [0.2, 0.25) is 11.8 Å². The summed E-state index contributed by atoms with van der Waals surface area (Å²) < 4.78 is 0. The first-order valence-corrected chi connectivity index (χ1v) is 6.94. The van der Waals surface area contributed by atoms with E-state index >= 15 is 0 Å². The molecule has 1 N–H and O–H groups in total. The monoisotopic (exact) mass is 275 g/mol. The predicted molar refractivity (Wildman–Crippen MR) is 75.8 cm³/mol. The summed E-state index contributed by atoms with van der Waals surface area (Å²) in [5.74, 6) is -0.165. The molecule has 2 heterocycles. The Hall–Kier alpha value is -1.91. The molecule has 1 aliphatic heterocycles. The van der Waals surface area contributed by atoms with E-state index < -0.39 is 11.6 Å². The second kappa shape index (κ2) is 5.23. The van der Waals surface area contributed by atoms with Crippen molar-refractivity contribution in [3.05, 3.63) is 30.1 Å². The van der Waals surface area contributed by atoms with Gasteiger partial charge in [-0.2, -0.15) is 0 Å².